The van der Waals surface area contributed by atoms with Crippen LogP contribution >= 0.6 is 11.6 Å². The molecule has 51 valence electrons. The Morgan fingerprint density at radius 1 is 1.70 bits per heavy atom. The fraction of sp³-hybridized carbons (Fsp3) is 0.167. The summed E-state index contributed by atoms with van der Waals surface area (Å²) >= 11 is 5.57. The van der Waals surface area contributed by atoms with Crippen molar-refractivity contribution in [1.82, 2.24) is 4.98 Å². The second kappa shape index (κ2) is 3.04. The van der Waals surface area contributed by atoms with Gasteiger partial charge in [0, 0.05) is 6.20 Å². The van der Waals surface area contributed by atoms with Crippen molar-refractivity contribution in [3.63, 3.8) is 0 Å². The van der Waals surface area contributed by atoms with Crippen LogP contribution in [0.3, 0.4) is 0 Å². The van der Waals surface area contributed by atoms with Gasteiger partial charge in [0.15, 0.2) is 0 Å². The van der Waals surface area contributed by atoms with Crippen LogP contribution in [0.5, 0.6) is 0 Å². The zero-order valence-electron chi connectivity index (χ0n) is 5.50. The summed E-state index contributed by atoms with van der Waals surface area (Å²) in [6.07, 6.45) is 1.53. The molecular weight excluding hydrogens is 148 g/mol. The number of hydrogen-bond donors (Lipinski definition) is 1. The van der Waals surface area contributed by atoms with Crippen LogP contribution < -0.4 is 5.46 Å². The monoisotopic (exact) mass is 154 g/mol. The van der Waals surface area contributed by atoms with Gasteiger partial charge in [0.05, 0.1) is 0 Å². The van der Waals surface area contributed by atoms with Crippen molar-refractivity contribution in [1.29, 1.82) is 0 Å². The number of pyridine rings is 1. The molecule has 1 aromatic rings. The Hall–Kier alpha value is -0.535. The largest absolute Gasteiger partial charge is 0.450 e. The summed E-state index contributed by atoms with van der Waals surface area (Å²) in [6, 6.07) is 1.70. The van der Waals surface area contributed by atoms with E-state index in [0.29, 0.717) is 10.6 Å². The van der Waals surface area contributed by atoms with E-state index in [0.717, 1.165) is 13.0 Å². The number of nitrogens with zero attached hydrogens (tertiary/aromatic N) is 1. The van der Waals surface area contributed by atoms with Crippen molar-refractivity contribution in [2.75, 3.05) is 0 Å². The van der Waals surface area contributed by atoms with Gasteiger partial charge in [0.25, 0.3) is 0 Å². The van der Waals surface area contributed by atoms with Crippen molar-refractivity contribution in [2.24, 2.45) is 0 Å². The van der Waals surface area contributed by atoms with Gasteiger partial charge in [-0.05, 0) is 24.0 Å². The summed E-state index contributed by atoms with van der Waals surface area (Å²) in [5, 5.41) is 9.05. The molecule has 1 rings (SSSR count). The summed E-state index contributed by atoms with van der Waals surface area (Å²) in [7, 11) is 1.01. The van der Waals surface area contributed by atoms with E-state index >= 15 is 0 Å². The van der Waals surface area contributed by atoms with Gasteiger partial charge in [-0.25, -0.2) is 4.98 Å². The van der Waals surface area contributed by atoms with E-state index in [1.807, 2.05) is 6.92 Å². The molecule has 0 saturated heterocycles. The smallest absolute Gasteiger partial charge is 0.328 e. The van der Waals surface area contributed by atoms with E-state index in [1.54, 1.807) is 6.07 Å². The van der Waals surface area contributed by atoms with Crippen LogP contribution in [0.15, 0.2) is 12.3 Å². The van der Waals surface area contributed by atoms with Crippen molar-refractivity contribution in [3.05, 3.63) is 23.0 Å². The van der Waals surface area contributed by atoms with E-state index in [1.165, 1.54) is 6.20 Å². The Bertz CT molecular complexity index is 241. The quantitative estimate of drug-likeness (QED) is 0.466. The van der Waals surface area contributed by atoms with Crippen LogP contribution in [-0.2, 0) is 0 Å². The van der Waals surface area contributed by atoms with E-state index in [4.69, 9.17) is 16.6 Å². The molecule has 0 bridgehead atoms. The lowest BCUT2D eigenvalue weighted by Crippen LogP contribution is -2.17. The number of rotatable bonds is 1. The Kier molecular flexibility index (Phi) is 2.30. The third-order valence-electron chi connectivity index (χ3n) is 1.26. The highest BCUT2D eigenvalue weighted by Gasteiger charge is 1.98. The molecule has 0 saturated carbocycles. The fourth-order valence-electron chi connectivity index (χ4n) is 0.667. The van der Waals surface area contributed by atoms with Crippen LogP contribution in [0.1, 0.15) is 5.56 Å². The molecule has 1 radical (unpaired) electrons. The highest BCUT2D eigenvalue weighted by atomic mass is 35.5. The van der Waals surface area contributed by atoms with E-state index in [9.17, 15) is 0 Å². The van der Waals surface area contributed by atoms with Gasteiger partial charge in [-0.2, -0.15) is 0 Å². The van der Waals surface area contributed by atoms with Gasteiger partial charge in [-0.1, -0.05) is 11.6 Å². The summed E-state index contributed by atoms with van der Waals surface area (Å²) < 4.78 is 0. The second-order valence-electron chi connectivity index (χ2n) is 1.99. The zero-order chi connectivity index (χ0) is 7.56. The average Bonchev–Trinajstić information content (AvgIpc) is 1.88. The first-order valence-electron chi connectivity index (χ1n) is 2.83. The highest BCUT2D eigenvalue weighted by molar-refractivity contribution is 6.46. The predicted octanol–water partition coefficient (Wildman–Crippen LogP) is 0.280. The molecule has 0 fully saturated rings. The van der Waals surface area contributed by atoms with Crippen molar-refractivity contribution in [3.8, 4) is 0 Å². The molecule has 0 atom stereocenters. The van der Waals surface area contributed by atoms with Gasteiger partial charge in [-0.3, -0.25) is 0 Å². The minimum absolute atomic E-state index is 0.447. The molecular formula is C6H6BClNO. The van der Waals surface area contributed by atoms with Gasteiger partial charge in [-0.15, -0.1) is 0 Å². The third kappa shape index (κ3) is 1.49. The SMILES string of the molecule is Cc1cc(Cl)ncc1[B]O. The minimum Gasteiger partial charge on any atom is -0.450 e. The minimum atomic E-state index is 0.447. The number of aryl methyl sites for hydroxylation is 1. The van der Waals surface area contributed by atoms with Crippen molar-refractivity contribution >= 4 is 24.5 Å². The summed E-state index contributed by atoms with van der Waals surface area (Å²) in [5.41, 5.74) is 1.62. The molecule has 4 heteroatoms. The normalized spacial score (nSPS) is 9.50. The third-order valence-corrected chi connectivity index (χ3v) is 1.46. The van der Waals surface area contributed by atoms with Crippen LogP contribution in [0.4, 0.5) is 0 Å². The molecule has 0 aliphatic carbocycles. The van der Waals surface area contributed by atoms with Gasteiger partial charge in [0.2, 0.25) is 0 Å². The molecule has 2 nitrogen and oxygen atoms in total. The number of halogens is 1. The Balaban J connectivity index is 3.07. The Labute approximate surface area is 65.1 Å². The molecule has 0 unspecified atom stereocenters. The van der Waals surface area contributed by atoms with E-state index in [-0.39, 0.29) is 0 Å². The molecule has 1 heterocycles. The summed E-state index contributed by atoms with van der Waals surface area (Å²) in [6.45, 7) is 1.86. The second-order valence-corrected chi connectivity index (χ2v) is 2.38. The molecule has 0 amide bonds. The molecule has 10 heavy (non-hydrogen) atoms. The Morgan fingerprint density at radius 3 is 2.90 bits per heavy atom. The molecule has 0 aromatic carbocycles. The number of aromatic nitrogens is 1. The lowest BCUT2D eigenvalue weighted by molar-refractivity contribution is 0.615. The van der Waals surface area contributed by atoms with Crippen molar-refractivity contribution < 1.29 is 5.02 Å². The number of hydrogen-bond acceptors (Lipinski definition) is 2. The lowest BCUT2D eigenvalue weighted by Gasteiger charge is -1.98. The first-order chi connectivity index (χ1) is 4.74. The topological polar surface area (TPSA) is 33.1 Å². The van der Waals surface area contributed by atoms with Gasteiger partial charge in [0.1, 0.15) is 5.15 Å². The maximum Gasteiger partial charge on any atom is 0.328 e. The van der Waals surface area contributed by atoms with Gasteiger partial charge < -0.3 is 5.02 Å². The molecule has 1 N–H and O–H groups in total. The van der Waals surface area contributed by atoms with Crippen molar-refractivity contribution in [2.45, 2.75) is 6.92 Å². The first-order valence-corrected chi connectivity index (χ1v) is 3.21. The zero-order valence-corrected chi connectivity index (χ0v) is 6.26. The summed E-state index contributed by atoms with van der Waals surface area (Å²) in [5.74, 6) is 0. The maximum atomic E-state index is 8.60. The van der Waals surface area contributed by atoms with Crippen LogP contribution in [-0.4, -0.2) is 17.5 Å². The van der Waals surface area contributed by atoms with Gasteiger partial charge >= 0.3 is 7.48 Å². The predicted molar refractivity (Wildman–Crippen MR) is 41.6 cm³/mol. The van der Waals surface area contributed by atoms with Crippen LogP contribution in [0.2, 0.25) is 5.15 Å². The van der Waals surface area contributed by atoms with E-state index < -0.39 is 0 Å². The first kappa shape index (κ1) is 7.57. The fourth-order valence-corrected chi connectivity index (χ4v) is 0.880. The molecule has 0 aliphatic heterocycles. The highest BCUT2D eigenvalue weighted by Crippen LogP contribution is 2.02. The maximum absolute atomic E-state index is 8.60. The van der Waals surface area contributed by atoms with Crippen LogP contribution in [0.25, 0.3) is 0 Å². The molecule has 0 aliphatic rings. The summed E-state index contributed by atoms with van der Waals surface area (Å²) in [4.78, 5) is 3.78. The van der Waals surface area contributed by atoms with E-state index in [2.05, 4.69) is 4.98 Å². The standard InChI is InChI=1S/C6H6BClNO/c1-4-2-6(8)9-3-5(4)7-10/h2-3,10H,1H3. The Morgan fingerprint density at radius 2 is 2.40 bits per heavy atom. The van der Waals surface area contributed by atoms with Crippen LogP contribution in [0, 0.1) is 6.92 Å². The molecule has 0 spiro atoms. The average molecular weight is 154 g/mol. The molecule has 1 aromatic heterocycles. The lowest BCUT2D eigenvalue weighted by atomic mass is 9.87.